The molecule has 0 spiro atoms. The van der Waals surface area contributed by atoms with Crippen molar-refractivity contribution >= 4 is 22.9 Å². The van der Waals surface area contributed by atoms with Gasteiger partial charge in [0.25, 0.3) is 5.91 Å². The van der Waals surface area contributed by atoms with Crippen LogP contribution in [0, 0.1) is 11.6 Å². The van der Waals surface area contributed by atoms with Gasteiger partial charge in [0.1, 0.15) is 29.8 Å². The van der Waals surface area contributed by atoms with Gasteiger partial charge in [0.05, 0.1) is 34.9 Å². The largest absolute Gasteiger partial charge is 0.478 e. The van der Waals surface area contributed by atoms with Crippen molar-refractivity contribution in [1.82, 2.24) is 24.8 Å². The van der Waals surface area contributed by atoms with E-state index in [0.29, 0.717) is 35.6 Å². The van der Waals surface area contributed by atoms with Gasteiger partial charge in [0.2, 0.25) is 5.88 Å². The molecule has 1 saturated heterocycles. The number of amides is 1. The Labute approximate surface area is 250 Å². The average Bonchev–Trinajstić information content (AvgIpc) is 3.35. The summed E-state index contributed by atoms with van der Waals surface area (Å²) in [5, 5.41) is 12.0. The predicted molar refractivity (Wildman–Crippen MR) is 155 cm³/mol. The number of carbonyl (C=O) groups is 2. The van der Waals surface area contributed by atoms with E-state index < -0.39 is 17.6 Å². The summed E-state index contributed by atoms with van der Waals surface area (Å²) in [6.07, 6.45) is 2.27. The van der Waals surface area contributed by atoms with Crippen LogP contribution >= 0.6 is 0 Å². The van der Waals surface area contributed by atoms with Gasteiger partial charge >= 0.3 is 5.97 Å². The second kappa shape index (κ2) is 12.2. The van der Waals surface area contributed by atoms with Gasteiger partial charge in [-0.2, -0.15) is 0 Å². The second-order valence-corrected chi connectivity index (χ2v) is 10.3. The van der Waals surface area contributed by atoms with Crippen molar-refractivity contribution in [2.24, 2.45) is 0 Å². The molecule has 12 heteroatoms. The van der Waals surface area contributed by atoms with E-state index in [4.69, 9.17) is 9.47 Å². The van der Waals surface area contributed by atoms with Gasteiger partial charge in [-0.3, -0.25) is 9.78 Å². The van der Waals surface area contributed by atoms with Crippen LogP contribution in [0.5, 0.6) is 5.88 Å². The molecule has 224 valence electrons. The van der Waals surface area contributed by atoms with Crippen molar-refractivity contribution in [3.8, 4) is 17.1 Å². The molecular formula is C32H27F2N5O5. The van der Waals surface area contributed by atoms with Crippen LogP contribution in [0.3, 0.4) is 0 Å². The van der Waals surface area contributed by atoms with Crippen molar-refractivity contribution in [3.05, 3.63) is 107 Å². The number of carboxylic acids is 1. The van der Waals surface area contributed by atoms with Crippen LogP contribution in [0.2, 0.25) is 0 Å². The maximum atomic E-state index is 15.5. The molecule has 0 saturated carbocycles. The molecule has 2 aromatic carbocycles. The van der Waals surface area contributed by atoms with Crippen LogP contribution in [0.4, 0.5) is 8.78 Å². The van der Waals surface area contributed by atoms with Gasteiger partial charge in [-0.25, -0.2) is 23.5 Å². The molecule has 1 unspecified atom stereocenters. The second-order valence-electron chi connectivity index (χ2n) is 10.3. The van der Waals surface area contributed by atoms with Crippen LogP contribution in [-0.2, 0) is 24.3 Å². The Kier molecular flexibility index (Phi) is 7.99. The Bertz CT molecular complexity index is 1870. The number of carboxylic acid groups (broad SMARTS) is 1. The van der Waals surface area contributed by atoms with Crippen LogP contribution in [-0.4, -0.2) is 56.3 Å². The molecule has 10 nitrogen and oxygen atoms in total. The monoisotopic (exact) mass is 599 g/mol. The van der Waals surface area contributed by atoms with E-state index in [0.717, 1.165) is 18.6 Å². The zero-order chi connectivity index (χ0) is 30.8. The minimum Gasteiger partial charge on any atom is -0.478 e. The minimum absolute atomic E-state index is 0.0177. The molecule has 2 N–H and O–H groups in total. The Morgan fingerprint density at radius 1 is 1.09 bits per heavy atom. The lowest BCUT2D eigenvalue weighted by atomic mass is 10.0. The zero-order valence-corrected chi connectivity index (χ0v) is 23.6. The first-order valence-corrected chi connectivity index (χ1v) is 13.9. The lowest BCUT2D eigenvalue weighted by Crippen LogP contribution is -2.31. The van der Waals surface area contributed by atoms with Crippen molar-refractivity contribution < 1.29 is 33.0 Å². The van der Waals surface area contributed by atoms with E-state index in [1.807, 2.05) is 4.57 Å². The molecule has 1 atom stereocenters. The number of nitrogens with one attached hydrogen (secondary N) is 1. The zero-order valence-electron chi connectivity index (χ0n) is 23.6. The van der Waals surface area contributed by atoms with Crippen LogP contribution in [0.15, 0.2) is 66.9 Å². The number of pyridine rings is 2. The van der Waals surface area contributed by atoms with Crippen LogP contribution in [0.1, 0.15) is 44.2 Å². The standard InChI is InChI=1S/C32H27F2N5O5/c1-35-31(40)27-7-5-18(15-36-27)17-44-30-4-2-3-25(38-30)22-14-23(33)20(11-24(22)34)13-29-37-26-8-6-19(32(41)42)12-28(26)39(29)16-21-9-10-43-21/h2-8,11-12,14-15,21H,9-10,13,16-17H2,1H3,(H,35,40)(H,41,42). The summed E-state index contributed by atoms with van der Waals surface area (Å²) in [5.74, 6) is -2.01. The molecule has 44 heavy (non-hydrogen) atoms. The van der Waals surface area contributed by atoms with Crippen LogP contribution < -0.4 is 10.1 Å². The number of nitrogens with zero attached hydrogens (tertiary/aromatic N) is 4. The highest BCUT2D eigenvalue weighted by atomic mass is 19.1. The summed E-state index contributed by atoms with van der Waals surface area (Å²) in [5.41, 5.74) is 2.47. The average molecular weight is 600 g/mol. The maximum absolute atomic E-state index is 15.5. The van der Waals surface area contributed by atoms with Crippen molar-refractivity contribution in [2.45, 2.75) is 32.1 Å². The first-order valence-electron chi connectivity index (χ1n) is 13.9. The van der Waals surface area contributed by atoms with E-state index >= 15 is 8.78 Å². The molecular weight excluding hydrogens is 572 g/mol. The fraction of sp³-hybridized carbons (Fsp3) is 0.219. The summed E-state index contributed by atoms with van der Waals surface area (Å²) in [6.45, 7) is 1.16. The molecule has 0 aliphatic carbocycles. The molecule has 0 bridgehead atoms. The topological polar surface area (TPSA) is 128 Å². The van der Waals surface area contributed by atoms with Crippen molar-refractivity contribution in [1.29, 1.82) is 0 Å². The summed E-state index contributed by atoms with van der Waals surface area (Å²) < 4.78 is 44.1. The minimum atomic E-state index is -1.07. The number of aromatic carboxylic acids is 1. The molecule has 1 aliphatic rings. The van der Waals surface area contributed by atoms with Gasteiger partial charge in [-0.1, -0.05) is 12.1 Å². The fourth-order valence-electron chi connectivity index (χ4n) is 4.94. The number of hydrogen-bond donors (Lipinski definition) is 2. The molecule has 1 amide bonds. The molecule has 6 rings (SSSR count). The molecule has 0 radical (unpaired) electrons. The van der Waals surface area contributed by atoms with Crippen molar-refractivity contribution in [3.63, 3.8) is 0 Å². The maximum Gasteiger partial charge on any atom is 0.335 e. The summed E-state index contributed by atoms with van der Waals surface area (Å²) in [4.78, 5) is 36.3. The summed E-state index contributed by atoms with van der Waals surface area (Å²) in [6, 6.07) is 14.9. The normalized spacial score (nSPS) is 14.3. The third kappa shape index (κ3) is 5.97. The number of hydrogen-bond acceptors (Lipinski definition) is 7. The fourth-order valence-corrected chi connectivity index (χ4v) is 4.94. The van der Waals surface area contributed by atoms with Crippen LogP contribution in [0.25, 0.3) is 22.3 Å². The molecule has 1 fully saturated rings. The molecule has 1 aliphatic heterocycles. The van der Waals surface area contributed by atoms with Gasteiger partial charge in [0.15, 0.2) is 0 Å². The predicted octanol–water partition coefficient (Wildman–Crippen LogP) is 4.79. The number of imidazole rings is 1. The number of carbonyl (C=O) groups excluding carboxylic acids is 1. The van der Waals surface area contributed by atoms with Gasteiger partial charge in [0, 0.05) is 43.5 Å². The Balaban J connectivity index is 1.23. The molecule has 4 heterocycles. The van der Waals surface area contributed by atoms with Gasteiger partial charge < -0.3 is 24.5 Å². The Morgan fingerprint density at radius 3 is 2.64 bits per heavy atom. The lowest BCUT2D eigenvalue weighted by Gasteiger charge is -2.27. The van der Waals surface area contributed by atoms with E-state index in [9.17, 15) is 14.7 Å². The molecule has 3 aromatic heterocycles. The number of aromatic nitrogens is 4. The highest BCUT2D eigenvalue weighted by Gasteiger charge is 2.24. The quantitative estimate of drug-likeness (QED) is 0.235. The number of rotatable bonds is 10. The molecule has 5 aromatic rings. The van der Waals surface area contributed by atoms with Gasteiger partial charge in [-0.15, -0.1) is 0 Å². The highest BCUT2D eigenvalue weighted by molar-refractivity contribution is 5.93. The SMILES string of the molecule is CNC(=O)c1ccc(COc2cccc(-c3cc(F)c(Cc4nc5ccc(C(=O)O)cc5n4CC4CCO4)cc3F)n2)cn1. The van der Waals surface area contributed by atoms with E-state index in [1.165, 1.54) is 25.4 Å². The number of ether oxygens (including phenoxy) is 2. The lowest BCUT2D eigenvalue weighted by molar-refractivity contribution is -0.0589. The van der Waals surface area contributed by atoms with E-state index in [1.54, 1.807) is 36.4 Å². The first kappa shape index (κ1) is 28.9. The highest BCUT2D eigenvalue weighted by Crippen LogP contribution is 2.29. The number of benzene rings is 2. The first-order chi connectivity index (χ1) is 21.3. The summed E-state index contributed by atoms with van der Waals surface area (Å²) in [7, 11) is 1.52. The Morgan fingerprint density at radius 2 is 1.93 bits per heavy atom. The van der Waals surface area contributed by atoms with E-state index in [2.05, 4.69) is 20.3 Å². The van der Waals surface area contributed by atoms with Crippen molar-refractivity contribution in [2.75, 3.05) is 13.7 Å². The third-order valence-electron chi connectivity index (χ3n) is 7.41. The number of fused-ring (bicyclic) bond motifs is 1. The third-order valence-corrected chi connectivity index (χ3v) is 7.41. The number of halogens is 2. The Hall–Kier alpha value is -5.23. The van der Waals surface area contributed by atoms with Gasteiger partial charge in [-0.05, 0) is 54.4 Å². The smallest absolute Gasteiger partial charge is 0.335 e. The van der Waals surface area contributed by atoms with E-state index in [-0.39, 0.29) is 59.0 Å². The summed E-state index contributed by atoms with van der Waals surface area (Å²) >= 11 is 0.